The average molecular weight is 353 g/mol. The molecular formula is C19H19N3O4. The van der Waals surface area contributed by atoms with E-state index in [9.17, 15) is 10.1 Å². The van der Waals surface area contributed by atoms with Crippen LogP contribution in [0, 0.1) is 10.1 Å². The number of anilines is 1. The van der Waals surface area contributed by atoms with Crippen LogP contribution in [-0.2, 0) is 6.42 Å². The van der Waals surface area contributed by atoms with Crippen molar-refractivity contribution >= 4 is 22.1 Å². The summed E-state index contributed by atoms with van der Waals surface area (Å²) in [5.41, 5.74) is 2.00. The Morgan fingerprint density at radius 2 is 1.88 bits per heavy atom. The van der Waals surface area contributed by atoms with Gasteiger partial charge in [-0.3, -0.25) is 15.1 Å². The van der Waals surface area contributed by atoms with E-state index in [0.29, 0.717) is 23.4 Å². The van der Waals surface area contributed by atoms with Crippen LogP contribution in [0.2, 0.25) is 0 Å². The molecule has 1 heterocycles. The number of hydrogen-bond acceptors (Lipinski definition) is 6. The smallest absolute Gasteiger partial charge is 0.278 e. The molecule has 0 fully saturated rings. The number of nitro groups is 1. The van der Waals surface area contributed by atoms with Crippen LogP contribution in [0.15, 0.2) is 48.8 Å². The lowest BCUT2D eigenvalue weighted by Gasteiger charge is -2.12. The molecule has 0 saturated carbocycles. The Balaban J connectivity index is 1.77. The minimum atomic E-state index is -0.391. The van der Waals surface area contributed by atoms with Crippen LogP contribution in [0.4, 0.5) is 11.4 Å². The fourth-order valence-corrected chi connectivity index (χ4v) is 2.87. The lowest BCUT2D eigenvalue weighted by atomic mass is 10.1. The normalized spacial score (nSPS) is 10.5. The van der Waals surface area contributed by atoms with E-state index in [1.165, 1.54) is 12.3 Å². The predicted octanol–water partition coefficient (Wildman–Crippen LogP) is 3.81. The van der Waals surface area contributed by atoms with Crippen molar-refractivity contribution in [2.45, 2.75) is 6.42 Å². The first-order chi connectivity index (χ1) is 12.6. The number of nitrogens with one attached hydrogen (secondary N) is 1. The molecule has 3 aromatic rings. The molecular weight excluding hydrogens is 334 g/mol. The largest absolute Gasteiger partial charge is 0.493 e. The minimum Gasteiger partial charge on any atom is -0.493 e. The third-order valence-corrected chi connectivity index (χ3v) is 4.17. The fourth-order valence-electron chi connectivity index (χ4n) is 2.87. The SMILES string of the molecule is COc1ccc(CCNc2ccc([N+](=O)[O-])c3cnccc23)cc1OC. The summed E-state index contributed by atoms with van der Waals surface area (Å²) in [5, 5.41) is 15.8. The summed E-state index contributed by atoms with van der Waals surface area (Å²) in [6.45, 7) is 0.671. The van der Waals surface area contributed by atoms with Crippen LogP contribution in [-0.4, -0.2) is 30.7 Å². The number of rotatable bonds is 7. The van der Waals surface area contributed by atoms with Gasteiger partial charge in [-0.05, 0) is 36.2 Å². The Bertz CT molecular complexity index is 943. The zero-order chi connectivity index (χ0) is 18.5. The topological polar surface area (TPSA) is 86.5 Å². The Kier molecular flexibility index (Phi) is 5.17. The molecule has 0 saturated heterocycles. The summed E-state index contributed by atoms with van der Waals surface area (Å²) in [5.74, 6) is 1.38. The van der Waals surface area contributed by atoms with Gasteiger partial charge in [0, 0.05) is 36.1 Å². The lowest BCUT2D eigenvalue weighted by molar-refractivity contribution is -0.383. The van der Waals surface area contributed by atoms with Crippen LogP contribution >= 0.6 is 0 Å². The zero-order valence-corrected chi connectivity index (χ0v) is 14.6. The number of nitrogens with zero attached hydrogens (tertiary/aromatic N) is 2. The highest BCUT2D eigenvalue weighted by Crippen LogP contribution is 2.31. The Hall–Kier alpha value is -3.35. The molecule has 0 radical (unpaired) electrons. The first-order valence-corrected chi connectivity index (χ1v) is 8.10. The summed E-state index contributed by atoms with van der Waals surface area (Å²) in [6, 6.07) is 10.8. The maximum absolute atomic E-state index is 11.2. The van der Waals surface area contributed by atoms with E-state index < -0.39 is 4.92 Å². The van der Waals surface area contributed by atoms with Gasteiger partial charge in [-0.25, -0.2) is 0 Å². The van der Waals surface area contributed by atoms with Crippen molar-refractivity contribution in [3.8, 4) is 11.5 Å². The average Bonchev–Trinajstić information content (AvgIpc) is 2.67. The number of methoxy groups -OCH3 is 2. The highest BCUT2D eigenvalue weighted by molar-refractivity contribution is 5.99. The predicted molar refractivity (Wildman–Crippen MR) is 100 cm³/mol. The van der Waals surface area contributed by atoms with Crippen molar-refractivity contribution in [1.82, 2.24) is 4.98 Å². The quantitative estimate of drug-likeness (QED) is 0.513. The Morgan fingerprint density at radius 3 is 2.62 bits per heavy atom. The van der Waals surface area contributed by atoms with Crippen LogP contribution in [0.3, 0.4) is 0 Å². The summed E-state index contributed by atoms with van der Waals surface area (Å²) in [7, 11) is 3.21. The molecule has 7 heteroatoms. The standard InChI is InChI=1S/C19H19N3O4/c1-25-18-6-3-13(11-19(18)26-2)7-10-21-16-4-5-17(22(23)24)15-12-20-9-8-14(15)16/h3-6,8-9,11-12,21H,7,10H2,1-2H3. The van der Waals surface area contributed by atoms with Crippen LogP contribution in [0.5, 0.6) is 11.5 Å². The number of ether oxygens (including phenoxy) is 2. The number of benzene rings is 2. The fraction of sp³-hybridized carbons (Fsp3) is 0.211. The van der Waals surface area contributed by atoms with Gasteiger partial charge >= 0.3 is 0 Å². The monoisotopic (exact) mass is 353 g/mol. The molecule has 26 heavy (non-hydrogen) atoms. The molecule has 3 rings (SSSR count). The molecule has 1 aromatic heterocycles. The molecule has 0 aliphatic carbocycles. The van der Waals surface area contributed by atoms with Gasteiger partial charge in [-0.2, -0.15) is 0 Å². The number of fused-ring (bicyclic) bond motifs is 1. The van der Waals surface area contributed by atoms with Gasteiger partial charge in [0.15, 0.2) is 11.5 Å². The van der Waals surface area contributed by atoms with Gasteiger partial charge in [0.05, 0.1) is 24.5 Å². The number of hydrogen-bond donors (Lipinski definition) is 1. The molecule has 2 aromatic carbocycles. The van der Waals surface area contributed by atoms with E-state index in [-0.39, 0.29) is 5.69 Å². The molecule has 0 bridgehead atoms. The second-order valence-electron chi connectivity index (χ2n) is 5.68. The highest BCUT2D eigenvalue weighted by Gasteiger charge is 2.14. The van der Waals surface area contributed by atoms with Crippen molar-refractivity contribution in [2.75, 3.05) is 26.1 Å². The molecule has 0 spiro atoms. The van der Waals surface area contributed by atoms with Gasteiger partial charge in [0.1, 0.15) is 0 Å². The Labute approximate surface area is 150 Å². The number of nitro benzene ring substituents is 1. The summed E-state index contributed by atoms with van der Waals surface area (Å²) < 4.78 is 10.6. The van der Waals surface area contributed by atoms with E-state index in [4.69, 9.17) is 9.47 Å². The van der Waals surface area contributed by atoms with E-state index in [0.717, 1.165) is 23.1 Å². The second-order valence-corrected chi connectivity index (χ2v) is 5.68. The number of pyridine rings is 1. The molecule has 7 nitrogen and oxygen atoms in total. The molecule has 1 N–H and O–H groups in total. The summed E-state index contributed by atoms with van der Waals surface area (Å²) in [4.78, 5) is 14.8. The van der Waals surface area contributed by atoms with Gasteiger partial charge in [-0.15, -0.1) is 0 Å². The van der Waals surface area contributed by atoms with E-state index in [1.807, 2.05) is 18.2 Å². The van der Waals surface area contributed by atoms with Gasteiger partial charge in [0.25, 0.3) is 5.69 Å². The molecule has 134 valence electrons. The maximum atomic E-state index is 11.2. The minimum absolute atomic E-state index is 0.0542. The number of aromatic nitrogens is 1. The van der Waals surface area contributed by atoms with Gasteiger partial charge in [0.2, 0.25) is 0 Å². The molecule has 0 unspecified atom stereocenters. The lowest BCUT2D eigenvalue weighted by Crippen LogP contribution is -2.06. The summed E-state index contributed by atoms with van der Waals surface area (Å²) >= 11 is 0. The summed E-state index contributed by atoms with van der Waals surface area (Å²) in [6.07, 6.45) is 3.92. The van der Waals surface area contributed by atoms with Crippen LogP contribution in [0.25, 0.3) is 10.8 Å². The van der Waals surface area contributed by atoms with E-state index in [2.05, 4.69) is 10.3 Å². The van der Waals surface area contributed by atoms with E-state index in [1.54, 1.807) is 32.5 Å². The third-order valence-electron chi connectivity index (χ3n) is 4.17. The molecule has 0 aliphatic heterocycles. The number of non-ortho nitro benzene ring substituents is 1. The molecule has 0 amide bonds. The maximum Gasteiger partial charge on any atom is 0.278 e. The second kappa shape index (κ2) is 7.69. The van der Waals surface area contributed by atoms with Crippen molar-refractivity contribution in [2.24, 2.45) is 0 Å². The molecule has 0 aliphatic rings. The van der Waals surface area contributed by atoms with Crippen molar-refractivity contribution < 1.29 is 14.4 Å². The van der Waals surface area contributed by atoms with Crippen molar-refractivity contribution in [3.63, 3.8) is 0 Å². The van der Waals surface area contributed by atoms with Gasteiger partial charge in [-0.1, -0.05) is 6.07 Å². The first-order valence-electron chi connectivity index (χ1n) is 8.10. The highest BCUT2D eigenvalue weighted by atomic mass is 16.6. The van der Waals surface area contributed by atoms with Crippen molar-refractivity contribution in [1.29, 1.82) is 0 Å². The first kappa shape index (κ1) is 17.5. The zero-order valence-electron chi connectivity index (χ0n) is 14.6. The van der Waals surface area contributed by atoms with E-state index >= 15 is 0 Å². The van der Waals surface area contributed by atoms with Crippen LogP contribution < -0.4 is 14.8 Å². The Morgan fingerprint density at radius 1 is 1.08 bits per heavy atom. The van der Waals surface area contributed by atoms with Gasteiger partial charge < -0.3 is 14.8 Å². The molecule has 0 atom stereocenters. The third kappa shape index (κ3) is 3.51. The van der Waals surface area contributed by atoms with Crippen LogP contribution in [0.1, 0.15) is 5.56 Å². The van der Waals surface area contributed by atoms with Crippen molar-refractivity contribution in [3.05, 3.63) is 64.5 Å².